The molecule has 0 saturated carbocycles. The summed E-state index contributed by atoms with van der Waals surface area (Å²) in [6.07, 6.45) is -2.44. The number of benzene rings is 1. The summed E-state index contributed by atoms with van der Waals surface area (Å²) in [6.45, 7) is 1.83. The first-order valence-electron chi connectivity index (χ1n) is 7.25. The Morgan fingerprint density at radius 3 is 2.57 bits per heavy atom. The molecule has 1 amide bonds. The summed E-state index contributed by atoms with van der Waals surface area (Å²) in [5.41, 5.74) is 0.304. The first-order chi connectivity index (χ1) is 10.4. The number of amides is 1. The highest BCUT2D eigenvalue weighted by Gasteiger charge is 2.32. The third-order valence-electron chi connectivity index (χ3n) is 3.61. The van der Waals surface area contributed by atoms with Gasteiger partial charge in [-0.25, -0.2) is 0 Å². The van der Waals surface area contributed by atoms with Crippen molar-refractivity contribution in [1.29, 1.82) is 0 Å². The molecule has 1 aliphatic heterocycles. The topological polar surface area (TPSA) is 50.4 Å². The van der Waals surface area contributed by atoms with Gasteiger partial charge in [-0.05, 0) is 37.9 Å². The smallest absolute Gasteiger partial charge is 0.405 e. The van der Waals surface area contributed by atoms with E-state index >= 15 is 0 Å². The summed E-state index contributed by atoms with van der Waals surface area (Å²) in [5, 5.41) is 5.89. The van der Waals surface area contributed by atoms with E-state index in [2.05, 4.69) is 15.4 Å². The second kappa shape index (κ2) is 8.98. The molecule has 0 aromatic heterocycles. The second-order valence-electron chi connectivity index (χ2n) is 5.33. The van der Waals surface area contributed by atoms with Crippen LogP contribution in [0.5, 0.6) is 5.75 Å². The van der Waals surface area contributed by atoms with Crippen LogP contribution in [0, 0.1) is 5.92 Å². The molecule has 23 heavy (non-hydrogen) atoms. The van der Waals surface area contributed by atoms with Crippen molar-refractivity contribution in [2.75, 3.05) is 13.1 Å². The Labute approximate surface area is 139 Å². The molecule has 0 aliphatic carbocycles. The average Bonchev–Trinajstić information content (AvgIpc) is 2.46. The second-order valence-corrected chi connectivity index (χ2v) is 5.33. The third-order valence-corrected chi connectivity index (χ3v) is 3.61. The standard InChI is InChI=1S/C15H19F3N2O2.ClH/c16-15(17,18)22-13-4-2-1-3-12(13)10-20-14(21)9-11-5-7-19-8-6-11;/h1-4,11,19H,5-10H2,(H,20,21);1H. The van der Waals surface area contributed by atoms with Crippen LogP contribution in [0.4, 0.5) is 13.2 Å². The molecule has 0 bridgehead atoms. The van der Waals surface area contributed by atoms with Crippen LogP contribution in [0.2, 0.25) is 0 Å². The monoisotopic (exact) mass is 352 g/mol. The summed E-state index contributed by atoms with van der Waals surface area (Å²) >= 11 is 0. The van der Waals surface area contributed by atoms with E-state index < -0.39 is 6.36 Å². The molecule has 4 nitrogen and oxygen atoms in total. The summed E-state index contributed by atoms with van der Waals surface area (Å²) in [6, 6.07) is 5.81. The highest BCUT2D eigenvalue weighted by Crippen LogP contribution is 2.26. The van der Waals surface area contributed by atoms with Gasteiger partial charge >= 0.3 is 6.36 Å². The van der Waals surface area contributed by atoms with E-state index in [9.17, 15) is 18.0 Å². The molecule has 2 N–H and O–H groups in total. The minimum Gasteiger partial charge on any atom is -0.405 e. The lowest BCUT2D eigenvalue weighted by Crippen LogP contribution is -2.32. The van der Waals surface area contributed by atoms with Crippen LogP contribution < -0.4 is 15.4 Å². The van der Waals surface area contributed by atoms with Crippen molar-refractivity contribution in [3.05, 3.63) is 29.8 Å². The maximum absolute atomic E-state index is 12.3. The van der Waals surface area contributed by atoms with Crippen LogP contribution in [0.1, 0.15) is 24.8 Å². The van der Waals surface area contributed by atoms with Crippen LogP contribution >= 0.6 is 12.4 Å². The molecular formula is C15H20ClF3N2O2. The average molecular weight is 353 g/mol. The van der Waals surface area contributed by atoms with Crippen LogP contribution in [-0.2, 0) is 11.3 Å². The van der Waals surface area contributed by atoms with Gasteiger partial charge in [0.25, 0.3) is 0 Å². The molecule has 1 aliphatic rings. The van der Waals surface area contributed by atoms with E-state index in [0.717, 1.165) is 25.9 Å². The fraction of sp³-hybridized carbons (Fsp3) is 0.533. The zero-order valence-corrected chi connectivity index (χ0v) is 13.3. The van der Waals surface area contributed by atoms with Crippen molar-refractivity contribution in [3.63, 3.8) is 0 Å². The van der Waals surface area contributed by atoms with Gasteiger partial charge in [0.15, 0.2) is 0 Å². The molecule has 1 saturated heterocycles. The van der Waals surface area contributed by atoms with Crippen LogP contribution in [0.3, 0.4) is 0 Å². The summed E-state index contributed by atoms with van der Waals surface area (Å²) in [7, 11) is 0. The lowest BCUT2D eigenvalue weighted by molar-refractivity contribution is -0.274. The molecule has 1 fully saturated rings. The fourth-order valence-electron chi connectivity index (χ4n) is 2.49. The molecule has 8 heteroatoms. The van der Waals surface area contributed by atoms with Gasteiger partial charge in [0.2, 0.25) is 5.91 Å². The Balaban J connectivity index is 0.00000264. The number of alkyl halides is 3. The van der Waals surface area contributed by atoms with Crippen LogP contribution in [0.25, 0.3) is 0 Å². The minimum atomic E-state index is -4.74. The van der Waals surface area contributed by atoms with E-state index in [1.54, 1.807) is 6.07 Å². The Morgan fingerprint density at radius 2 is 1.91 bits per heavy atom. The minimum absolute atomic E-state index is 0. The van der Waals surface area contributed by atoms with Gasteiger partial charge in [-0.2, -0.15) is 0 Å². The number of piperidine rings is 1. The van der Waals surface area contributed by atoms with Gasteiger partial charge < -0.3 is 15.4 Å². The number of halogens is 4. The third kappa shape index (κ3) is 7.09. The van der Waals surface area contributed by atoms with Crippen molar-refractivity contribution < 1.29 is 22.7 Å². The van der Waals surface area contributed by atoms with Crippen molar-refractivity contribution in [2.24, 2.45) is 5.92 Å². The Kier molecular flexibility index (Phi) is 7.64. The number of nitrogens with one attached hydrogen (secondary N) is 2. The first kappa shape index (κ1) is 19.6. The highest BCUT2D eigenvalue weighted by atomic mass is 35.5. The van der Waals surface area contributed by atoms with E-state index in [-0.39, 0.29) is 30.6 Å². The van der Waals surface area contributed by atoms with Gasteiger partial charge in [-0.1, -0.05) is 18.2 Å². The first-order valence-corrected chi connectivity index (χ1v) is 7.25. The lowest BCUT2D eigenvalue weighted by Gasteiger charge is -2.22. The van der Waals surface area contributed by atoms with Gasteiger partial charge in [-0.15, -0.1) is 25.6 Å². The van der Waals surface area contributed by atoms with Crippen LogP contribution in [-0.4, -0.2) is 25.4 Å². The zero-order valence-electron chi connectivity index (χ0n) is 12.5. The van der Waals surface area contributed by atoms with Crippen molar-refractivity contribution in [1.82, 2.24) is 10.6 Å². The largest absolute Gasteiger partial charge is 0.573 e. The normalized spacial score (nSPS) is 15.6. The number of carbonyl (C=O) groups excluding carboxylic acids is 1. The summed E-state index contributed by atoms with van der Waals surface area (Å²) in [5.74, 6) is -0.0891. The molecule has 1 aromatic carbocycles. The number of hydrogen-bond acceptors (Lipinski definition) is 3. The predicted molar refractivity (Wildman–Crippen MR) is 82.4 cm³/mol. The van der Waals surface area contributed by atoms with E-state index in [4.69, 9.17) is 0 Å². The Morgan fingerprint density at radius 1 is 1.26 bits per heavy atom. The van der Waals surface area contributed by atoms with Gasteiger partial charge in [0.05, 0.1) is 0 Å². The molecular weight excluding hydrogens is 333 g/mol. The van der Waals surface area contributed by atoms with Gasteiger partial charge in [0.1, 0.15) is 5.75 Å². The number of hydrogen-bond donors (Lipinski definition) is 2. The lowest BCUT2D eigenvalue weighted by atomic mass is 9.94. The molecule has 0 atom stereocenters. The van der Waals surface area contributed by atoms with E-state index in [0.29, 0.717) is 17.9 Å². The van der Waals surface area contributed by atoms with Gasteiger partial charge in [0, 0.05) is 18.5 Å². The predicted octanol–water partition coefficient (Wildman–Crippen LogP) is 3.01. The Bertz CT molecular complexity index is 506. The maximum Gasteiger partial charge on any atom is 0.573 e. The van der Waals surface area contributed by atoms with Gasteiger partial charge in [-0.3, -0.25) is 4.79 Å². The fourth-order valence-corrected chi connectivity index (χ4v) is 2.49. The molecule has 0 spiro atoms. The van der Waals surface area contributed by atoms with E-state index in [1.165, 1.54) is 18.2 Å². The number of para-hydroxylation sites is 1. The van der Waals surface area contributed by atoms with Crippen LogP contribution in [0.15, 0.2) is 24.3 Å². The molecule has 2 rings (SSSR count). The Hall–Kier alpha value is -1.47. The summed E-state index contributed by atoms with van der Waals surface area (Å²) < 4.78 is 40.9. The highest BCUT2D eigenvalue weighted by molar-refractivity contribution is 5.85. The zero-order chi connectivity index (χ0) is 16.0. The maximum atomic E-state index is 12.3. The number of ether oxygens (including phenoxy) is 1. The van der Waals surface area contributed by atoms with Crippen molar-refractivity contribution >= 4 is 18.3 Å². The number of rotatable bonds is 5. The summed E-state index contributed by atoms with van der Waals surface area (Å²) in [4.78, 5) is 11.9. The molecule has 0 unspecified atom stereocenters. The molecule has 1 heterocycles. The SMILES string of the molecule is Cl.O=C(CC1CCNCC1)NCc1ccccc1OC(F)(F)F. The molecule has 1 aromatic rings. The molecule has 0 radical (unpaired) electrons. The van der Waals surface area contributed by atoms with Crippen molar-refractivity contribution in [2.45, 2.75) is 32.2 Å². The van der Waals surface area contributed by atoms with Crippen molar-refractivity contribution in [3.8, 4) is 5.75 Å². The molecule has 130 valence electrons. The number of carbonyl (C=O) groups is 1. The van der Waals surface area contributed by atoms with E-state index in [1.807, 2.05) is 0 Å². The quantitative estimate of drug-likeness (QED) is 0.856.